The molecule has 1 saturated carbocycles. The van der Waals surface area contributed by atoms with Gasteiger partial charge in [-0.3, -0.25) is 19.7 Å². The first-order valence-corrected chi connectivity index (χ1v) is 11.6. The van der Waals surface area contributed by atoms with Gasteiger partial charge >= 0.3 is 0 Å². The van der Waals surface area contributed by atoms with E-state index in [0.717, 1.165) is 0 Å². The summed E-state index contributed by atoms with van der Waals surface area (Å²) in [7, 11) is 1.51. The number of amides is 2. The lowest BCUT2D eigenvalue weighted by molar-refractivity contribution is -0.139. The van der Waals surface area contributed by atoms with Crippen molar-refractivity contribution in [2.24, 2.45) is 11.8 Å². The van der Waals surface area contributed by atoms with E-state index in [1.165, 1.54) is 13.3 Å². The van der Waals surface area contributed by atoms with Crippen molar-refractivity contribution in [2.75, 3.05) is 33.4 Å². The SMILES string of the molecule is COc1ccc(C(=O)C2CCN(C(=O)COCC3NC(=O)C4CC(F)CC(F)C4N3)CC2)cn1. The van der Waals surface area contributed by atoms with Gasteiger partial charge in [0.05, 0.1) is 25.7 Å². The molecule has 0 aromatic carbocycles. The highest BCUT2D eigenvalue weighted by molar-refractivity contribution is 5.97. The Balaban J connectivity index is 1.19. The van der Waals surface area contributed by atoms with Crippen molar-refractivity contribution in [2.45, 2.75) is 50.2 Å². The summed E-state index contributed by atoms with van der Waals surface area (Å²) in [5, 5.41) is 5.64. The van der Waals surface area contributed by atoms with E-state index < -0.39 is 36.4 Å². The van der Waals surface area contributed by atoms with Crippen molar-refractivity contribution in [3.8, 4) is 5.88 Å². The van der Waals surface area contributed by atoms with Gasteiger partial charge in [-0.05, 0) is 25.3 Å². The molecule has 2 N–H and O–H groups in total. The van der Waals surface area contributed by atoms with Gasteiger partial charge in [0, 0.05) is 43.3 Å². The molecule has 3 aliphatic rings. The average molecular weight is 481 g/mol. The second-order valence-electron chi connectivity index (χ2n) is 9.07. The number of rotatable bonds is 7. The van der Waals surface area contributed by atoms with E-state index in [1.54, 1.807) is 17.0 Å². The van der Waals surface area contributed by atoms with Crippen LogP contribution in [0.15, 0.2) is 18.3 Å². The van der Waals surface area contributed by atoms with Crippen molar-refractivity contribution < 1.29 is 32.6 Å². The number of halogens is 2. The maximum absolute atomic E-state index is 14.2. The molecule has 2 aliphatic heterocycles. The number of aromatic nitrogens is 1. The van der Waals surface area contributed by atoms with E-state index in [9.17, 15) is 23.2 Å². The first-order valence-electron chi connectivity index (χ1n) is 11.6. The maximum Gasteiger partial charge on any atom is 0.248 e. The molecular formula is C23H30F2N4O5. The summed E-state index contributed by atoms with van der Waals surface area (Å²) in [5.41, 5.74) is 0.522. The fourth-order valence-corrected chi connectivity index (χ4v) is 4.92. The Morgan fingerprint density at radius 1 is 1.21 bits per heavy atom. The fourth-order valence-electron chi connectivity index (χ4n) is 4.92. The standard InChI is InChI=1S/C23H30F2N4O5/c1-33-19-3-2-14(10-26-19)22(31)13-4-6-29(7-5-13)20(30)12-34-11-18-27-21-16(23(32)28-18)8-15(24)9-17(21)25/h2-3,10,13,15-18,21,27H,4-9,11-12H2,1H3,(H,28,32). The summed E-state index contributed by atoms with van der Waals surface area (Å²) in [5.74, 6) is -1.08. The summed E-state index contributed by atoms with van der Waals surface area (Å²) in [6.45, 7) is 0.692. The highest BCUT2D eigenvalue weighted by Crippen LogP contribution is 2.31. The molecule has 3 fully saturated rings. The maximum atomic E-state index is 14.2. The summed E-state index contributed by atoms with van der Waals surface area (Å²) in [6, 6.07) is 2.59. The van der Waals surface area contributed by atoms with E-state index in [1.807, 2.05) is 0 Å². The Morgan fingerprint density at radius 3 is 2.65 bits per heavy atom. The van der Waals surface area contributed by atoms with Gasteiger partial charge in [0.15, 0.2) is 5.78 Å². The zero-order chi connectivity index (χ0) is 24.2. The number of ketones is 1. The minimum absolute atomic E-state index is 0.00339. The number of hydrogen-bond donors (Lipinski definition) is 2. The van der Waals surface area contributed by atoms with Crippen LogP contribution < -0.4 is 15.4 Å². The monoisotopic (exact) mass is 480 g/mol. The summed E-state index contributed by atoms with van der Waals surface area (Å²) in [4.78, 5) is 43.2. The van der Waals surface area contributed by atoms with E-state index in [2.05, 4.69) is 15.6 Å². The number of nitrogens with zero attached hydrogens (tertiary/aromatic N) is 2. The Labute approximate surface area is 196 Å². The largest absolute Gasteiger partial charge is 0.481 e. The quantitative estimate of drug-likeness (QED) is 0.561. The number of fused-ring (bicyclic) bond motifs is 1. The molecule has 2 amide bonds. The number of piperidine rings is 1. The zero-order valence-corrected chi connectivity index (χ0v) is 19.0. The van der Waals surface area contributed by atoms with Gasteiger partial charge in [-0.15, -0.1) is 0 Å². The normalized spacial score (nSPS) is 29.8. The molecule has 3 heterocycles. The minimum atomic E-state index is -1.44. The molecule has 0 spiro atoms. The van der Waals surface area contributed by atoms with Crippen LogP contribution in [-0.4, -0.2) is 85.4 Å². The van der Waals surface area contributed by atoms with Crippen molar-refractivity contribution in [1.29, 1.82) is 0 Å². The molecule has 186 valence electrons. The van der Waals surface area contributed by atoms with Crippen LogP contribution in [0.25, 0.3) is 0 Å². The smallest absolute Gasteiger partial charge is 0.248 e. The minimum Gasteiger partial charge on any atom is -0.481 e. The van der Waals surface area contributed by atoms with E-state index >= 15 is 0 Å². The second kappa shape index (κ2) is 10.7. The molecule has 34 heavy (non-hydrogen) atoms. The number of pyridine rings is 1. The zero-order valence-electron chi connectivity index (χ0n) is 19.0. The van der Waals surface area contributed by atoms with Gasteiger partial charge in [-0.25, -0.2) is 13.8 Å². The molecule has 5 atom stereocenters. The van der Waals surface area contributed by atoms with E-state index in [0.29, 0.717) is 37.4 Å². The van der Waals surface area contributed by atoms with E-state index in [-0.39, 0.29) is 43.7 Å². The van der Waals surface area contributed by atoms with Crippen molar-refractivity contribution in [1.82, 2.24) is 20.5 Å². The number of methoxy groups -OCH3 is 1. The number of alkyl halides is 2. The summed E-state index contributed by atoms with van der Waals surface area (Å²) < 4.78 is 38.3. The third-order valence-corrected chi connectivity index (χ3v) is 6.82. The number of likely N-dealkylation sites (tertiary alicyclic amines) is 1. The number of carbonyl (C=O) groups excluding carboxylic acids is 3. The molecule has 0 radical (unpaired) electrons. The number of nitrogens with one attached hydrogen (secondary N) is 2. The summed E-state index contributed by atoms with van der Waals surface area (Å²) in [6.07, 6.45) is -1.02. The third-order valence-electron chi connectivity index (χ3n) is 6.82. The van der Waals surface area contributed by atoms with Gasteiger partial charge < -0.3 is 19.7 Å². The lowest BCUT2D eigenvalue weighted by Gasteiger charge is -2.42. The van der Waals surface area contributed by atoms with Crippen LogP contribution in [0.3, 0.4) is 0 Å². The van der Waals surface area contributed by atoms with Crippen LogP contribution in [0.5, 0.6) is 5.88 Å². The van der Waals surface area contributed by atoms with E-state index in [4.69, 9.17) is 9.47 Å². The van der Waals surface area contributed by atoms with Crippen molar-refractivity contribution >= 4 is 17.6 Å². The number of Topliss-reactive ketones (excluding diaryl/α,β-unsaturated/α-hetero) is 1. The molecule has 9 nitrogen and oxygen atoms in total. The van der Waals surface area contributed by atoms with Gasteiger partial charge in [0.2, 0.25) is 17.7 Å². The Morgan fingerprint density at radius 2 is 1.97 bits per heavy atom. The molecular weight excluding hydrogens is 450 g/mol. The molecule has 0 bridgehead atoms. The predicted molar refractivity (Wildman–Crippen MR) is 117 cm³/mol. The van der Waals surface area contributed by atoms with Gasteiger partial charge in [0.25, 0.3) is 0 Å². The highest BCUT2D eigenvalue weighted by Gasteiger charge is 2.46. The Bertz CT molecular complexity index is 894. The van der Waals surface area contributed by atoms with Crippen LogP contribution in [0.1, 0.15) is 36.0 Å². The lowest BCUT2D eigenvalue weighted by atomic mass is 9.80. The second-order valence-corrected chi connectivity index (χ2v) is 9.07. The van der Waals surface area contributed by atoms with Gasteiger partial charge in [-0.2, -0.15) is 0 Å². The highest BCUT2D eigenvalue weighted by atomic mass is 19.1. The van der Waals surface area contributed by atoms with Crippen LogP contribution >= 0.6 is 0 Å². The number of ether oxygens (including phenoxy) is 2. The molecule has 2 saturated heterocycles. The summed E-state index contributed by atoms with van der Waals surface area (Å²) >= 11 is 0. The number of carbonyl (C=O) groups is 3. The molecule has 11 heteroatoms. The average Bonchev–Trinajstić information content (AvgIpc) is 2.84. The van der Waals surface area contributed by atoms with Crippen LogP contribution in [0.2, 0.25) is 0 Å². The Kier molecular flexibility index (Phi) is 7.72. The van der Waals surface area contributed by atoms with Crippen molar-refractivity contribution in [3.05, 3.63) is 23.9 Å². The van der Waals surface area contributed by atoms with Crippen LogP contribution in [-0.2, 0) is 14.3 Å². The molecule has 4 rings (SSSR count). The van der Waals surface area contributed by atoms with Crippen LogP contribution in [0, 0.1) is 11.8 Å². The molecule has 1 aliphatic carbocycles. The lowest BCUT2D eigenvalue weighted by Crippen LogP contribution is -2.67. The van der Waals surface area contributed by atoms with Gasteiger partial charge in [-0.1, -0.05) is 0 Å². The first-order chi connectivity index (χ1) is 16.4. The van der Waals surface area contributed by atoms with Gasteiger partial charge in [0.1, 0.15) is 25.1 Å². The topological polar surface area (TPSA) is 110 Å². The molecule has 1 aromatic rings. The predicted octanol–water partition coefficient (Wildman–Crippen LogP) is 1.03. The number of hydrogen-bond acceptors (Lipinski definition) is 7. The third kappa shape index (κ3) is 5.52. The van der Waals surface area contributed by atoms with Crippen molar-refractivity contribution in [3.63, 3.8) is 0 Å². The van der Waals surface area contributed by atoms with Crippen LogP contribution in [0.4, 0.5) is 8.78 Å². The molecule has 1 aromatic heterocycles. The Hall–Kier alpha value is -2.66. The fraction of sp³-hybridized carbons (Fsp3) is 0.652. The molecule has 5 unspecified atom stereocenters. The first kappa shape index (κ1) is 24.5.